The fraction of sp³-hybridized carbons (Fsp3) is 0.167. The van der Waals surface area contributed by atoms with E-state index in [4.69, 9.17) is 5.26 Å². The second-order valence-corrected chi connectivity index (χ2v) is 3.07. The van der Waals surface area contributed by atoms with Crippen molar-refractivity contribution in [1.82, 2.24) is 5.32 Å². The number of carbonyl (C=O) groups is 1. The molecule has 0 saturated carbocycles. The average molecular weight is 215 g/mol. The van der Waals surface area contributed by atoms with E-state index in [1.807, 2.05) is 19.1 Å². The molecule has 0 heterocycles. The van der Waals surface area contributed by atoms with Crippen LogP contribution < -0.4 is 10.6 Å². The molecule has 0 aliphatic carbocycles. The van der Waals surface area contributed by atoms with Gasteiger partial charge in [0.25, 0.3) is 0 Å². The molecule has 0 spiro atoms. The van der Waals surface area contributed by atoms with Crippen LogP contribution in [0.4, 0.5) is 10.5 Å². The first kappa shape index (κ1) is 11.8. The molecule has 0 fully saturated rings. The molecule has 4 heteroatoms. The maximum atomic E-state index is 11.4. The summed E-state index contributed by atoms with van der Waals surface area (Å²) in [6.07, 6.45) is 4.26. The van der Waals surface area contributed by atoms with E-state index in [0.717, 1.165) is 6.42 Å². The molecule has 0 aliphatic heterocycles. The Morgan fingerprint density at radius 2 is 2.25 bits per heavy atom. The van der Waals surface area contributed by atoms with Gasteiger partial charge in [-0.3, -0.25) is 0 Å². The predicted octanol–water partition coefficient (Wildman–Crippen LogP) is 2.60. The van der Waals surface area contributed by atoms with Crippen molar-refractivity contribution < 1.29 is 4.79 Å². The molecule has 1 rings (SSSR count). The maximum Gasteiger partial charge on any atom is 0.323 e. The Bertz CT molecular complexity index is 432. The summed E-state index contributed by atoms with van der Waals surface area (Å²) in [5.74, 6) is 0. The van der Waals surface area contributed by atoms with Gasteiger partial charge in [0, 0.05) is 6.20 Å². The highest BCUT2D eigenvalue weighted by Crippen LogP contribution is 2.12. The quantitative estimate of drug-likeness (QED) is 0.813. The number of carbonyl (C=O) groups excluding carboxylic acids is 1. The number of urea groups is 1. The molecule has 2 N–H and O–H groups in total. The van der Waals surface area contributed by atoms with Crippen LogP contribution in [-0.2, 0) is 0 Å². The number of amides is 2. The predicted molar refractivity (Wildman–Crippen MR) is 62.7 cm³/mol. The lowest BCUT2D eigenvalue weighted by atomic mass is 10.2. The fourth-order valence-electron chi connectivity index (χ4n) is 1.10. The minimum atomic E-state index is -0.354. The Morgan fingerprint density at radius 3 is 2.94 bits per heavy atom. The van der Waals surface area contributed by atoms with Gasteiger partial charge in [-0.15, -0.1) is 0 Å². The van der Waals surface area contributed by atoms with Crippen LogP contribution in [0.2, 0.25) is 0 Å². The summed E-state index contributed by atoms with van der Waals surface area (Å²) in [6, 6.07) is 8.50. The van der Waals surface area contributed by atoms with Gasteiger partial charge in [-0.1, -0.05) is 25.1 Å². The highest BCUT2D eigenvalue weighted by atomic mass is 16.2. The highest BCUT2D eigenvalue weighted by molar-refractivity contribution is 5.91. The number of anilines is 1. The maximum absolute atomic E-state index is 11.4. The van der Waals surface area contributed by atoms with E-state index in [-0.39, 0.29) is 6.03 Å². The van der Waals surface area contributed by atoms with Gasteiger partial charge >= 0.3 is 6.03 Å². The van der Waals surface area contributed by atoms with Crippen LogP contribution in [-0.4, -0.2) is 6.03 Å². The normalized spacial score (nSPS) is 9.75. The third-order valence-electron chi connectivity index (χ3n) is 1.86. The van der Waals surface area contributed by atoms with E-state index in [2.05, 4.69) is 10.6 Å². The molecular formula is C12H13N3O. The number of hydrogen-bond acceptors (Lipinski definition) is 2. The minimum absolute atomic E-state index is 0.354. The van der Waals surface area contributed by atoms with Crippen molar-refractivity contribution in [3.05, 3.63) is 42.1 Å². The topological polar surface area (TPSA) is 64.9 Å². The van der Waals surface area contributed by atoms with Crippen LogP contribution in [0.15, 0.2) is 36.5 Å². The van der Waals surface area contributed by atoms with Crippen molar-refractivity contribution in [2.24, 2.45) is 0 Å². The Morgan fingerprint density at radius 1 is 1.50 bits per heavy atom. The van der Waals surface area contributed by atoms with Crippen molar-refractivity contribution in [2.45, 2.75) is 13.3 Å². The van der Waals surface area contributed by atoms with Crippen LogP contribution in [0, 0.1) is 11.3 Å². The number of rotatable bonds is 3. The lowest BCUT2D eigenvalue weighted by Gasteiger charge is -2.05. The molecule has 0 atom stereocenters. The Balaban J connectivity index is 2.63. The summed E-state index contributed by atoms with van der Waals surface area (Å²) in [4.78, 5) is 11.4. The Labute approximate surface area is 94.6 Å². The monoisotopic (exact) mass is 215 g/mol. The van der Waals surface area contributed by atoms with Gasteiger partial charge in [-0.25, -0.2) is 4.79 Å². The van der Waals surface area contributed by atoms with E-state index in [1.165, 1.54) is 0 Å². The van der Waals surface area contributed by atoms with Gasteiger partial charge < -0.3 is 10.6 Å². The molecule has 2 amide bonds. The minimum Gasteiger partial charge on any atom is -0.315 e. The molecule has 0 aliphatic rings. The second-order valence-electron chi connectivity index (χ2n) is 3.07. The second kappa shape index (κ2) is 6.25. The molecule has 0 unspecified atom stereocenters. The summed E-state index contributed by atoms with van der Waals surface area (Å²) in [7, 11) is 0. The molecule has 16 heavy (non-hydrogen) atoms. The van der Waals surface area contributed by atoms with Gasteiger partial charge in [0.05, 0.1) is 11.3 Å². The van der Waals surface area contributed by atoms with Gasteiger partial charge in [0.1, 0.15) is 6.07 Å². The summed E-state index contributed by atoms with van der Waals surface area (Å²) < 4.78 is 0. The third-order valence-corrected chi connectivity index (χ3v) is 1.86. The number of nitriles is 1. The van der Waals surface area contributed by atoms with E-state index < -0.39 is 0 Å². The summed E-state index contributed by atoms with van der Waals surface area (Å²) in [5, 5.41) is 13.9. The van der Waals surface area contributed by atoms with Crippen molar-refractivity contribution in [1.29, 1.82) is 5.26 Å². The van der Waals surface area contributed by atoms with Crippen molar-refractivity contribution in [3.8, 4) is 6.07 Å². The van der Waals surface area contributed by atoms with Crippen LogP contribution in [0.3, 0.4) is 0 Å². The van der Waals surface area contributed by atoms with Gasteiger partial charge in [0.15, 0.2) is 0 Å². The van der Waals surface area contributed by atoms with E-state index >= 15 is 0 Å². The Hall–Kier alpha value is -2.28. The number of allylic oxidation sites excluding steroid dienone is 1. The molecule has 0 aromatic heterocycles. The van der Waals surface area contributed by atoms with Crippen molar-refractivity contribution >= 4 is 11.7 Å². The smallest absolute Gasteiger partial charge is 0.315 e. The fourth-order valence-corrected chi connectivity index (χ4v) is 1.10. The zero-order chi connectivity index (χ0) is 11.8. The first-order valence-electron chi connectivity index (χ1n) is 4.99. The largest absolute Gasteiger partial charge is 0.323 e. The highest BCUT2D eigenvalue weighted by Gasteiger charge is 2.03. The number of benzene rings is 1. The summed E-state index contributed by atoms with van der Waals surface area (Å²) in [5.41, 5.74) is 0.949. The molecule has 0 bridgehead atoms. The molecular weight excluding hydrogens is 202 g/mol. The zero-order valence-electron chi connectivity index (χ0n) is 9.03. The lowest BCUT2D eigenvalue weighted by Crippen LogP contribution is -2.24. The number of nitrogens with zero attached hydrogens (tertiary/aromatic N) is 1. The van der Waals surface area contributed by atoms with Crippen LogP contribution in [0.25, 0.3) is 0 Å². The van der Waals surface area contributed by atoms with Gasteiger partial charge in [0.2, 0.25) is 0 Å². The van der Waals surface area contributed by atoms with Gasteiger partial charge in [-0.05, 0) is 18.6 Å². The average Bonchev–Trinajstić information content (AvgIpc) is 2.30. The number of nitrogens with one attached hydrogen (secondary N) is 2. The van der Waals surface area contributed by atoms with Crippen LogP contribution >= 0.6 is 0 Å². The summed E-state index contributed by atoms with van der Waals surface area (Å²) in [6.45, 7) is 1.97. The third kappa shape index (κ3) is 3.46. The lowest BCUT2D eigenvalue weighted by molar-refractivity contribution is 0.255. The first-order chi connectivity index (χ1) is 7.77. The molecule has 82 valence electrons. The van der Waals surface area contributed by atoms with E-state index in [9.17, 15) is 4.79 Å². The van der Waals surface area contributed by atoms with Crippen LogP contribution in [0.5, 0.6) is 0 Å². The standard InChI is InChI=1S/C12H13N3O/c1-2-3-8-14-12(16)15-11-7-5-4-6-10(11)9-13/h3-8H,2H2,1H3,(H2,14,15,16)/b8-3+. The zero-order valence-corrected chi connectivity index (χ0v) is 9.03. The number of para-hydroxylation sites is 1. The van der Waals surface area contributed by atoms with Gasteiger partial charge in [-0.2, -0.15) is 5.26 Å². The van der Waals surface area contributed by atoms with Crippen molar-refractivity contribution in [3.63, 3.8) is 0 Å². The first-order valence-corrected chi connectivity index (χ1v) is 4.99. The number of hydrogen-bond donors (Lipinski definition) is 2. The molecule has 0 saturated heterocycles. The Kier molecular flexibility index (Phi) is 4.61. The summed E-state index contributed by atoms with van der Waals surface area (Å²) >= 11 is 0. The molecule has 4 nitrogen and oxygen atoms in total. The van der Waals surface area contributed by atoms with Crippen LogP contribution in [0.1, 0.15) is 18.9 Å². The van der Waals surface area contributed by atoms with Crippen molar-refractivity contribution in [2.75, 3.05) is 5.32 Å². The molecule has 0 radical (unpaired) electrons. The SMILES string of the molecule is CC/C=C/NC(=O)Nc1ccccc1C#N. The van der Waals surface area contributed by atoms with E-state index in [1.54, 1.807) is 30.5 Å². The molecule has 1 aromatic rings. The van der Waals surface area contributed by atoms with E-state index in [0.29, 0.717) is 11.3 Å². The molecule has 1 aromatic carbocycles.